The highest BCUT2D eigenvalue weighted by molar-refractivity contribution is 5.83. The molecule has 0 spiro atoms. The van der Waals surface area contributed by atoms with Gasteiger partial charge in [-0.25, -0.2) is 4.98 Å². The van der Waals surface area contributed by atoms with Gasteiger partial charge in [-0.05, 0) is 46.4 Å². The summed E-state index contributed by atoms with van der Waals surface area (Å²) in [5, 5.41) is 2.52. The van der Waals surface area contributed by atoms with Gasteiger partial charge in [0.15, 0.2) is 11.5 Å². The number of benzene rings is 3. The summed E-state index contributed by atoms with van der Waals surface area (Å²) in [5.74, 6) is 1.42. The summed E-state index contributed by atoms with van der Waals surface area (Å²) < 4.78 is 5.93. The van der Waals surface area contributed by atoms with E-state index in [1.807, 2.05) is 6.07 Å². The minimum absolute atomic E-state index is 0.645. The largest absolute Gasteiger partial charge is 0.440 e. The van der Waals surface area contributed by atoms with Crippen LogP contribution in [0.2, 0.25) is 0 Å². The van der Waals surface area contributed by atoms with E-state index in [4.69, 9.17) is 4.42 Å². The maximum atomic E-state index is 5.93. The number of aromatic nitrogens is 1. The van der Waals surface area contributed by atoms with Crippen LogP contribution in [0.1, 0.15) is 30.9 Å². The first-order valence-corrected chi connectivity index (χ1v) is 8.53. The fraction of sp³-hybridized carbons (Fsp3) is 0.227. The van der Waals surface area contributed by atoms with Gasteiger partial charge in [0.2, 0.25) is 0 Å². The second kappa shape index (κ2) is 6.12. The van der Waals surface area contributed by atoms with Crippen LogP contribution < -0.4 is 0 Å². The van der Waals surface area contributed by atoms with Gasteiger partial charge in [0.25, 0.3) is 0 Å². The second-order valence-corrected chi connectivity index (χ2v) is 6.87. The molecule has 2 nitrogen and oxygen atoms in total. The van der Waals surface area contributed by atoms with Crippen molar-refractivity contribution >= 4 is 21.9 Å². The quantitative estimate of drug-likeness (QED) is 0.478. The summed E-state index contributed by atoms with van der Waals surface area (Å²) in [6, 6.07) is 21.3. The van der Waals surface area contributed by atoms with Crippen molar-refractivity contribution in [1.82, 2.24) is 4.98 Å². The van der Waals surface area contributed by atoms with E-state index in [0.29, 0.717) is 5.92 Å². The Hall–Kier alpha value is -2.61. The normalized spacial score (nSPS) is 11.6. The average molecular weight is 315 g/mol. The zero-order chi connectivity index (χ0) is 16.5. The lowest BCUT2D eigenvalue weighted by Gasteiger charge is -2.03. The molecule has 0 amide bonds. The lowest BCUT2D eigenvalue weighted by molar-refractivity contribution is 0.544. The van der Waals surface area contributed by atoms with Crippen LogP contribution in [-0.2, 0) is 12.8 Å². The SMILES string of the molecule is CC(C)Cc1ccc2oc(Cc3ccc4ccccc4c3)nc2c1. The number of hydrogen-bond donors (Lipinski definition) is 0. The number of fused-ring (bicyclic) bond motifs is 2. The third kappa shape index (κ3) is 3.05. The molecule has 2 heteroatoms. The van der Waals surface area contributed by atoms with Gasteiger partial charge in [0.05, 0.1) is 0 Å². The van der Waals surface area contributed by atoms with E-state index >= 15 is 0 Å². The average Bonchev–Trinajstić information content (AvgIpc) is 2.95. The molecule has 120 valence electrons. The fourth-order valence-electron chi connectivity index (χ4n) is 3.22. The number of oxazole rings is 1. The lowest BCUT2D eigenvalue weighted by atomic mass is 10.0. The molecule has 0 N–H and O–H groups in total. The van der Waals surface area contributed by atoms with Crippen molar-refractivity contribution in [3.8, 4) is 0 Å². The Balaban J connectivity index is 1.63. The highest BCUT2D eigenvalue weighted by atomic mass is 16.3. The highest BCUT2D eigenvalue weighted by Crippen LogP contribution is 2.22. The number of nitrogens with zero attached hydrogens (tertiary/aromatic N) is 1. The van der Waals surface area contributed by atoms with Crippen LogP contribution in [0.15, 0.2) is 65.1 Å². The molecular formula is C22H21NO. The van der Waals surface area contributed by atoms with Crippen LogP contribution in [0.4, 0.5) is 0 Å². The van der Waals surface area contributed by atoms with Gasteiger partial charge in [0, 0.05) is 6.42 Å². The van der Waals surface area contributed by atoms with Crippen molar-refractivity contribution in [2.24, 2.45) is 5.92 Å². The topological polar surface area (TPSA) is 26.0 Å². The highest BCUT2D eigenvalue weighted by Gasteiger charge is 2.08. The molecule has 0 fully saturated rings. The first-order valence-electron chi connectivity index (χ1n) is 8.53. The van der Waals surface area contributed by atoms with Crippen molar-refractivity contribution in [1.29, 1.82) is 0 Å². The Labute approximate surface area is 142 Å². The molecule has 0 radical (unpaired) electrons. The predicted octanol–water partition coefficient (Wildman–Crippen LogP) is 5.77. The van der Waals surface area contributed by atoms with Gasteiger partial charge >= 0.3 is 0 Å². The first-order chi connectivity index (χ1) is 11.7. The van der Waals surface area contributed by atoms with Crippen LogP contribution in [0.25, 0.3) is 21.9 Å². The van der Waals surface area contributed by atoms with Gasteiger partial charge in [-0.1, -0.05) is 62.4 Å². The third-order valence-corrected chi connectivity index (χ3v) is 4.31. The van der Waals surface area contributed by atoms with Gasteiger partial charge < -0.3 is 4.42 Å². The van der Waals surface area contributed by atoms with Gasteiger partial charge in [-0.2, -0.15) is 0 Å². The van der Waals surface area contributed by atoms with E-state index in [1.165, 1.54) is 21.9 Å². The number of rotatable bonds is 4. The molecule has 0 saturated heterocycles. The molecule has 4 rings (SSSR count). The van der Waals surface area contributed by atoms with E-state index in [0.717, 1.165) is 29.8 Å². The number of hydrogen-bond acceptors (Lipinski definition) is 2. The summed E-state index contributed by atoms with van der Waals surface area (Å²) in [5.41, 5.74) is 4.38. The predicted molar refractivity (Wildman–Crippen MR) is 99.3 cm³/mol. The summed E-state index contributed by atoms with van der Waals surface area (Å²) in [4.78, 5) is 4.69. The van der Waals surface area contributed by atoms with Crippen LogP contribution in [-0.4, -0.2) is 4.98 Å². The summed E-state index contributed by atoms with van der Waals surface area (Å²) in [6.45, 7) is 4.47. The fourth-order valence-corrected chi connectivity index (χ4v) is 3.22. The summed E-state index contributed by atoms with van der Waals surface area (Å²) in [6.07, 6.45) is 1.79. The van der Waals surface area contributed by atoms with E-state index in [1.54, 1.807) is 0 Å². The van der Waals surface area contributed by atoms with Crippen molar-refractivity contribution in [3.63, 3.8) is 0 Å². The second-order valence-electron chi connectivity index (χ2n) is 6.87. The molecule has 0 bridgehead atoms. The molecular weight excluding hydrogens is 294 g/mol. The monoisotopic (exact) mass is 315 g/mol. The molecule has 24 heavy (non-hydrogen) atoms. The molecule has 3 aromatic carbocycles. The third-order valence-electron chi connectivity index (χ3n) is 4.31. The Bertz CT molecular complexity index is 997. The van der Waals surface area contributed by atoms with Gasteiger partial charge in [0.1, 0.15) is 5.52 Å². The molecule has 0 aliphatic carbocycles. The summed E-state index contributed by atoms with van der Waals surface area (Å²) >= 11 is 0. The molecule has 0 aliphatic rings. The zero-order valence-electron chi connectivity index (χ0n) is 14.1. The Morgan fingerprint density at radius 2 is 1.67 bits per heavy atom. The Morgan fingerprint density at radius 3 is 2.50 bits per heavy atom. The van der Waals surface area contributed by atoms with Crippen molar-refractivity contribution in [2.45, 2.75) is 26.7 Å². The molecule has 0 saturated carbocycles. The molecule has 0 unspecified atom stereocenters. The van der Waals surface area contributed by atoms with E-state index in [2.05, 4.69) is 73.4 Å². The minimum atomic E-state index is 0.645. The zero-order valence-corrected chi connectivity index (χ0v) is 14.1. The smallest absolute Gasteiger partial charge is 0.199 e. The standard InChI is InChI=1S/C22H21NO/c1-15(2)11-16-8-10-21-20(13-16)23-22(24-21)14-17-7-9-18-5-3-4-6-19(18)12-17/h3-10,12-13,15H,11,14H2,1-2H3. The molecule has 1 aromatic heterocycles. The Morgan fingerprint density at radius 1 is 0.875 bits per heavy atom. The van der Waals surface area contributed by atoms with Crippen molar-refractivity contribution in [2.75, 3.05) is 0 Å². The summed E-state index contributed by atoms with van der Waals surface area (Å²) in [7, 11) is 0. The minimum Gasteiger partial charge on any atom is -0.440 e. The van der Waals surface area contributed by atoms with Crippen LogP contribution in [0.3, 0.4) is 0 Å². The molecule has 0 atom stereocenters. The van der Waals surface area contributed by atoms with Crippen molar-refractivity contribution < 1.29 is 4.42 Å². The lowest BCUT2D eigenvalue weighted by Crippen LogP contribution is -1.93. The maximum absolute atomic E-state index is 5.93. The molecule has 1 heterocycles. The van der Waals surface area contributed by atoms with Crippen LogP contribution in [0, 0.1) is 5.92 Å². The van der Waals surface area contributed by atoms with E-state index in [9.17, 15) is 0 Å². The first kappa shape index (κ1) is 14.9. The maximum Gasteiger partial charge on any atom is 0.199 e. The van der Waals surface area contributed by atoms with Gasteiger partial charge in [-0.3, -0.25) is 0 Å². The molecule has 4 aromatic rings. The van der Waals surface area contributed by atoms with Gasteiger partial charge in [-0.15, -0.1) is 0 Å². The van der Waals surface area contributed by atoms with E-state index in [-0.39, 0.29) is 0 Å². The van der Waals surface area contributed by atoms with Crippen molar-refractivity contribution in [3.05, 3.63) is 77.7 Å². The Kier molecular flexibility index (Phi) is 3.81. The van der Waals surface area contributed by atoms with E-state index < -0.39 is 0 Å². The molecule has 0 aliphatic heterocycles. The van der Waals surface area contributed by atoms with Crippen LogP contribution >= 0.6 is 0 Å². The van der Waals surface area contributed by atoms with Crippen LogP contribution in [0.5, 0.6) is 0 Å².